The van der Waals surface area contributed by atoms with E-state index in [0.717, 1.165) is 17.7 Å². The zero-order valence-electron chi connectivity index (χ0n) is 15.2. The second-order valence-electron chi connectivity index (χ2n) is 6.72. The van der Waals surface area contributed by atoms with Gasteiger partial charge in [-0.3, -0.25) is 4.79 Å². The lowest BCUT2D eigenvalue weighted by Crippen LogP contribution is -2.44. The molecule has 2 aromatic carbocycles. The van der Waals surface area contributed by atoms with Crippen LogP contribution in [0.2, 0.25) is 5.02 Å². The Morgan fingerprint density at radius 1 is 1.00 bits per heavy atom. The van der Waals surface area contributed by atoms with Crippen LogP contribution in [0.5, 0.6) is 0 Å². The van der Waals surface area contributed by atoms with Crippen LogP contribution >= 0.6 is 11.6 Å². The van der Waals surface area contributed by atoms with Gasteiger partial charge in [0.1, 0.15) is 0 Å². The lowest BCUT2D eigenvalue weighted by Gasteiger charge is -2.31. The van der Waals surface area contributed by atoms with Crippen LogP contribution in [0.1, 0.15) is 18.4 Å². The number of nitrogens with one attached hydrogen (secondary N) is 2. The van der Waals surface area contributed by atoms with Crippen LogP contribution in [0.4, 0.5) is 10.5 Å². The zero-order chi connectivity index (χ0) is 19.1. The van der Waals surface area contributed by atoms with Gasteiger partial charge in [0.15, 0.2) is 0 Å². The fraction of sp³-hybridized carbons (Fsp3) is 0.333. The Bertz CT molecular complexity index is 757. The first-order valence-electron chi connectivity index (χ1n) is 9.25. The molecule has 1 heterocycles. The molecule has 0 aliphatic carbocycles. The average Bonchev–Trinajstić information content (AvgIpc) is 2.70. The summed E-state index contributed by atoms with van der Waals surface area (Å²) >= 11 is 5.87. The first-order chi connectivity index (χ1) is 13.1. The molecule has 1 aliphatic rings. The molecule has 0 radical (unpaired) electrons. The van der Waals surface area contributed by atoms with Gasteiger partial charge in [-0.1, -0.05) is 41.9 Å². The number of benzene rings is 2. The number of urea groups is 1. The minimum Gasteiger partial charge on any atom is -0.356 e. The van der Waals surface area contributed by atoms with Gasteiger partial charge in [0.05, 0.1) is 0 Å². The zero-order valence-corrected chi connectivity index (χ0v) is 15.9. The lowest BCUT2D eigenvalue weighted by molar-refractivity contribution is -0.126. The van der Waals surface area contributed by atoms with Gasteiger partial charge >= 0.3 is 6.03 Å². The minimum atomic E-state index is -0.109. The van der Waals surface area contributed by atoms with E-state index in [-0.39, 0.29) is 17.9 Å². The van der Waals surface area contributed by atoms with E-state index in [1.807, 2.05) is 54.6 Å². The highest BCUT2D eigenvalue weighted by Crippen LogP contribution is 2.18. The van der Waals surface area contributed by atoms with Crippen molar-refractivity contribution in [3.05, 3.63) is 65.2 Å². The van der Waals surface area contributed by atoms with Gasteiger partial charge in [0, 0.05) is 36.3 Å². The van der Waals surface area contributed by atoms with E-state index < -0.39 is 0 Å². The van der Waals surface area contributed by atoms with E-state index in [9.17, 15) is 9.59 Å². The summed E-state index contributed by atoms with van der Waals surface area (Å²) < 4.78 is 0. The normalized spacial score (nSPS) is 14.6. The maximum absolute atomic E-state index is 12.4. The molecule has 0 spiro atoms. The molecule has 2 aromatic rings. The summed E-state index contributed by atoms with van der Waals surface area (Å²) in [6.07, 6.45) is 2.16. The molecule has 1 saturated heterocycles. The number of hydrogen-bond donors (Lipinski definition) is 2. The Hall–Kier alpha value is -2.53. The van der Waals surface area contributed by atoms with Crippen LogP contribution in [0.25, 0.3) is 0 Å². The summed E-state index contributed by atoms with van der Waals surface area (Å²) in [7, 11) is 0. The second-order valence-corrected chi connectivity index (χ2v) is 7.16. The molecule has 0 unspecified atom stereocenters. The Balaban J connectivity index is 1.38. The van der Waals surface area contributed by atoms with E-state index in [2.05, 4.69) is 10.6 Å². The third-order valence-corrected chi connectivity index (χ3v) is 5.06. The Labute approximate surface area is 164 Å². The summed E-state index contributed by atoms with van der Waals surface area (Å²) in [5, 5.41) is 6.61. The van der Waals surface area contributed by atoms with Crippen molar-refractivity contribution in [2.75, 3.05) is 25.0 Å². The predicted octanol–water partition coefficient (Wildman–Crippen LogP) is 3.94. The maximum atomic E-state index is 12.4. The summed E-state index contributed by atoms with van der Waals surface area (Å²) in [5.74, 6) is 0.0445. The summed E-state index contributed by atoms with van der Waals surface area (Å²) in [4.78, 5) is 26.4. The Kier molecular flexibility index (Phi) is 6.71. The van der Waals surface area contributed by atoms with Crippen molar-refractivity contribution < 1.29 is 9.59 Å². The van der Waals surface area contributed by atoms with Crippen LogP contribution in [-0.2, 0) is 11.2 Å². The van der Waals surface area contributed by atoms with Gasteiger partial charge in [-0.05, 0) is 49.1 Å². The smallest absolute Gasteiger partial charge is 0.321 e. The van der Waals surface area contributed by atoms with Crippen molar-refractivity contribution >= 4 is 29.2 Å². The fourth-order valence-corrected chi connectivity index (χ4v) is 3.32. The molecule has 142 valence electrons. The molecule has 0 saturated carbocycles. The maximum Gasteiger partial charge on any atom is 0.321 e. The molecule has 0 aromatic heterocycles. The molecule has 27 heavy (non-hydrogen) atoms. The number of likely N-dealkylation sites (tertiary alicyclic amines) is 1. The highest BCUT2D eigenvalue weighted by molar-refractivity contribution is 6.30. The summed E-state index contributed by atoms with van der Waals surface area (Å²) in [6.45, 7) is 1.79. The third-order valence-electron chi connectivity index (χ3n) is 4.80. The number of carbonyl (C=O) groups is 2. The van der Waals surface area contributed by atoms with Crippen molar-refractivity contribution in [1.29, 1.82) is 0 Å². The number of para-hydroxylation sites is 1. The molecule has 0 atom stereocenters. The number of nitrogens with zero attached hydrogens (tertiary/aromatic N) is 1. The number of amides is 3. The SMILES string of the molecule is O=C(NCCc1ccc(Cl)cc1)C1CCN(C(=O)Nc2ccccc2)CC1. The van der Waals surface area contributed by atoms with Crippen molar-refractivity contribution in [3.63, 3.8) is 0 Å². The van der Waals surface area contributed by atoms with E-state index in [4.69, 9.17) is 11.6 Å². The molecule has 6 heteroatoms. The largest absolute Gasteiger partial charge is 0.356 e. The van der Waals surface area contributed by atoms with Crippen LogP contribution in [0.15, 0.2) is 54.6 Å². The van der Waals surface area contributed by atoms with Gasteiger partial charge in [-0.15, -0.1) is 0 Å². The fourth-order valence-electron chi connectivity index (χ4n) is 3.19. The highest BCUT2D eigenvalue weighted by atomic mass is 35.5. The molecule has 5 nitrogen and oxygen atoms in total. The average molecular weight is 386 g/mol. The highest BCUT2D eigenvalue weighted by Gasteiger charge is 2.27. The molecule has 1 aliphatic heterocycles. The van der Waals surface area contributed by atoms with Crippen LogP contribution in [0.3, 0.4) is 0 Å². The van der Waals surface area contributed by atoms with Gasteiger partial charge in [0.2, 0.25) is 5.91 Å². The standard InChI is InChI=1S/C21H24ClN3O2/c22-18-8-6-16(7-9-18)10-13-23-20(26)17-11-14-25(15-12-17)21(27)24-19-4-2-1-3-5-19/h1-9,17H,10-15H2,(H,23,26)(H,24,27). The molecular weight excluding hydrogens is 362 g/mol. The van der Waals surface area contributed by atoms with E-state index in [1.165, 1.54) is 0 Å². The molecule has 3 amide bonds. The van der Waals surface area contributed by atoms with Crippen molar-refractivity contribution in [2.45, 2.75) is 19.3 Å². The van der Waals surface area contributed by atoms with Crippen LogP contribution < -0.4 is 10.6 Å². The first kappa shape index (κ1) is 19.2. The monoisotopic (exact) mass is 385 g/mol. The Morgan fingerprint density at radius 3 is 2.33 bits per heavy atom. The quantitative estimate of drug-likeness (QED) is 0.818. The second kappa shape index (κ2) is 9.42. The number of hydrogen-bond acceptors (Lipinski definition) is 2. The van der Waals surface area contributed by atoms with Gasteiger partial charge in [-0.2, -0.15) is 0 Å². The van der Waals surface area contributed by atoms with E-state index in [0.29, 0.717) is 37.5 Å². The third kappa shape index (κ3) is 5.73. The topological polar surface area (TPSA) is 61.4 Å². The number of rotatable bonds is 5. The van der Waals surface area contributed by atoms with E-state index >= 15 is 0 Å². The van der Waals surface area contributed by atoms with Crippen molar-refractivity contribution in [1.82, 2.24) is 10.2 Å². The first-order valence-corrected chi connectivity index (χ1v) is 9.63. The van der Waals surface area contributed by atoms with E-state index in [1.54, 1.807) is 4.90 Å². The molecule has 3 rings (SSSR count). The van der Waals surface area contributed by atoms with Crippen LogP contribution in [0, 0.1) is 5.92 Å². The lowest BCUT2D eigenvalue weighted by atomic mass is 9.96. The Morgan fingerprint density at radius 2 is 1.67 bits per heavy atom. The molecule has 1 fully saturated rings. The number of anilines is 1. The van der Waals surface area contributed by atoms with Crippen molar-refractivity contribution in [3.8, 4) is 0 Å². The van der Waals surface area contributed by atoms with Crippen molar-refractivity contribution in [2.24, 2.45) is 5.92 Å². The number of carbonyl (C=O) groups excluding carboxylic acids is 2. The number of halogens is 1. The molecular formula is C21H24ClN3O2. The minimum absolute atomic E-state index is 0.0315. The summed E-state index contributed by atoms with van der Waals surface area (Å²) in [5.41, 5.74) is 1.93. The molecule has 0 bridgehead atoms. The van der Waals surface area contributed by atoms with Gasteiger partial charge in [-0.25, -0.2) is 4.79 Å². The number of piperidine rings is 1. The predicted molar refractivity (Wildman–Crippen MR) is 108 cm³/mol. The molecule has 2 N–H and O–H groups in total. The summed E-state index contributed by atoms with van der Waals surface area (Å²) in [6, 6.07) is 16.9. The van der Waals surface area contributed by atoms with Gasteiger partial charge < -0.3 is 15.5 Å². The van der Waals surface area contributed by atoms with Crippen LogP contribution in [-0.4, -0.2) is 36.5 Å². The van der Waals surface area contributed by atoms with Gasteiger partial charge in [0.25, 0.3) is 0 Å².